The highest BCUT2D eigenvalue weighted by Crippen LogP contribution is 2.35. The fraction of sp³-hybridized carbons (Fsp3) is 0.550. The van der Waals surface area contributed by atoms with E-state index in [9.17, 15) is 4.79 Å². The fourth-order valence-electron chi connectivity index (χ4n) is 3.33. The molecular formula is C20H27N3O3S. The summed E-state index contributed by atoms with van der Waals surface area (Å²) in [6, 6.07) is 8.26. The molecule has 0 atom stereocenters. The zero-order valence-electron chi connectivity index (χ0n) is 15.9. The maximum atomic E-state index is 11.0. The molecule has 1 heterocycles. The lowest BCUT2D eigenvalue weighted by Gasteiger charge is -2.25. The van der Waals surface area contributed by atoms with Gasteiger partial charge in [-0.3, -0.25) is 9.36 Å². The molecule has 0 bridgehead atoms. The molecule has 0 saturated heterocycles. The second-order valence-corrected chi connectivity index (χ2v) is 8.32. The summed E-state index contributed by atoms with van der Waals surface area (Å²) in [4.78, 5) is 11.0. The Labute approximate surface area is 164 Å². The maximum Gasteiger partial charge on any atom is 0.313 e. The fourth-order valence-corrected chi connectivity index (χ4v) is 4.06. The first-order valence-corrected chi connectivity index (χ1v) is 10.6. The van der Waals surface area contributed by atoms with Crippen LogP contribution in [-0.4, -0.2) is 38.2 Å². The van der Waals surface area contributed by atoms with E-state index in [0.717, 1.165) is 30.0 Å². The van der Waals surface area contributed by atoms with Crippen molar-refractivity contribution in [2.45, 2.75) is 57.1 Å². The molecule has 0 spiro atoms. The van der Waals surface area contributed by atoms with Gasteiger partial charge in [-0.1, -0.05) is 44.9 Å². The van der Waals surface area contributed by atoms with Gasteiger partial charge < -0.3 is 9.84 Å². The van der Waals surface area contributed by atoms with E-state index < -0.39 is 5.97 Å². The number of hydrogen-bond donors (Lipinski definition) is 1. The first-order valence-electron chi connectivity index (χ1n) is 9.57. The topological polar surface area (TPSA) is 77.2 Å². The van der Waals surface area contributed by atoms with Crippen LogP contribution in [0.15, 0.2) is 29.4 Å². The van der Waals surface area contributed by atoms with Crippen molar-refractivity contribution in [3.63, 3.8) is 0 Å². The van der Waals surface area contributed by atoms with Gasteiger partial charge in [0.25, 0.3) is 0 Å². The number of aliphatic carboxylic acids is 1. The van der Waals surface area contributed by atoms with Crippen molar-refractivity contribution >= 4 is 17.7 Å². The molecule has 1 saturated carbocycles. The summed E-state index contributed by atoms with van der Waals surface area (Å²) in [5.74, 6) is 1.29. The van der Waals surface area contributed by atoms with E-state index in [1.165, 1.54) is 31.0 Å². The van der Waals surface area contributed by atoms with Crippen LogP contribution in [-0.2, 0) is 4.79 Å². The zero-order valence-corrected chi connectivity index (χ0v) is 16.7. The molecule has 146 valence electrons. The molecule has 0 amide bonds. The summed E-state index contributed by atoms with van der Waals surface area (Å²) in [6.07, 6.45) is 5.80. The first kappa shape index (κ1) is 19.7. The number of rotatable bonds is 8. The molecule has 1 aliphatic carbocycles. The number of nitrogens with zero attached hydrogens (tertiary/aromatic N) is 3. The molecule has 2 aromatic rings. The Morgan fingerprint density at radius 2 is 1.93 bits per heavy atom. The highest BCUT2D eigenvalue weighted by atomic mass is 32.2. The molecule has 1 aromatic heterocycles. The molecule has 27 heavy (non-hydrogen) atoms. The van der Waals surface area contributed by atoms with Gasteiger partial charge in [-0.2, -0.15) is 0 Å². The highest BCUT2D eigenvalue weighted by Gasteiger charge is 2.24. The summed E-state index contributed by atoms with van der Waals surface area (Å²) < 4.78 is 7.91. The Morgan fingerprint density at radius 3 is 2.56 bits per heavy atom. The van der Waals surface area contributed by atoms with Crippen molar-refractivity contribution in [3.8, 4) is 17.1 Å². The minimum Gasteiger partial charge on any atom is -0.493 e. The summed E-state index contributed by atoms with van der Waals surface area (Å²) in [5, 5.41) is 18.4. The van der Waals surface area contributed by atoms with E-state index in [1.807, 2.05) is 24.3 Å². The van der Waals surface area contributed by atoms with Gasteiger partial charge in [0, 0.05) is 11.6 Å². The first-order chi connectivity index (χ1) is 13.0. The van der Waals surface area contributed by atoms with Crippen LogP contribution in [0.25, 0.3) is 11.4 Å². The van der Waals surface area contributed by atoms with Gasteiger partial charge in [-0.15, -0.1) is 10.2 Å². The smallest absolute Gasteiger partial charge is 0.313 e. The highest BCUT2D eigenvalue weighted by molar-refractivity contribution is 7.99. The lowest BCUT2D eigenvalue weighted by Crippen LogP contribution is -2.15. The minimum atomic E-state index is -0.841. The second kappa shape index (κ2) is 9.26. The molecule has 0 aliphatic heterocycles. The molecule has 1 fully saturated rings. The van der Waals surface area contributed by atoms with Gasteiger partial charge in [-0.25, -0.2) is 0 Å². The monoisotopic (exact) mass is 389 g/mol. The Balaban J connectivity index is 1.86. The standard InChI is InChI=1S/C20H27N3O3S/c1-14(2)12-26-17-10-8-15(9-11-17)19-21-22-20(27-13-18(24)25)23(19)16-6-4-3-5-7-16/h8-11,14,16H,3-7,12-13H2,1-2H3,(H,24,25). The van der Waals surface area contributed by atoms with Crippen LogP contribution in [0.2, 0.25) is 0 Å². The number of carboxylic acids is 1. The summed E-state index contributed by atoms with van der Waals surface area (Å²) in [5.41, 5.74) is 0.979. The second-order valence-electron chi connectivity index (χ2n) is 7.38. The van der Waals surface area contributed by atoms with E-state index in [4.69, 9.17) is 9.84 Å². The van der Waals surface area contributed by atoms with E-state index >= 15 is 0 Å². The third-order valence-electron chi connectivity index (χ3n) is 4.62. The number of hydrogen-bond acceptors (Lipinski definition) is 5. The molecular weight excluding hydrogens is 362 g/mol. The van der Waals surface area contributed by atoms with E-state index in [2.05, 4.69) is 28.6 Å². The van der Waals surface area contributed by atoms with Crippen LogP contribution in [0, 0.1) is 5.92 Å². The van der Waals surface area contributed by atoms with Gasteiger partial charge in [0.15, 0.2) is 11.0 Å². The number of carboxylic acid groups (broad SMARTS) is 1. The van der Waals surface area contributed by atoms with Gasteiger partial charge >= 0.3 is 5.97 Å². The predicted octanol–water partition coefficient (Wildman–Crippen LogP) is 4.66. The Morgan fingerprint density at radius 1 is 1.22 bits per heavy atom. The van der Waals surface area contributed by atoms with E-state index in [1.54, 1.807) is 0 Å². The quantitative estimate of drug-likeness (QED) is 0.662. The normalized spacial score (nSPS) is 15.2. The van der Waals surface area contributed by atoms with Crippen molar-refractivity contribution in [3.05, 3.63) is 24.3 Å². The van der Waals surface area contributed by atoms with Crippen molar-refractivity contribution in [1.82, 2.24) is 14.8 Å². The summed E-state index contributed by atoms with van der Waals surface area (Å²) in [6.45, 7) is 4.93. The van der Waals surface area contributed by atoms with Crippen LogP contribution in [0.4, 0.5) is 0 Å². The lowest BCUT2D eigenvalue weighted by atomic mass is 9.95. The number of ether oxygens (including phenoxy) is 1. The third kappa shape index (κ3) is 5.25. The number of aromatic nitrogens is 3. The SMILES string of the molecule is CC(C)COc1ccc(-c2nnc(SCC(=O)O)n2C2CCCCC2)cc1. The van der Waals surface area contributed by atoms with Crippen LogP contribution in [0.5, 0.6) is 5.75 Å². The molecule has 0 radical (unpaired) electrons. The average molecular weight is 390 g/mol. The van der Waals surface area contributed by atoms with Crippen molar-refractivity contribution in [2.75, 3.05) is 12.4 Å². The minimum absolute atomic E-state index is 0.00711. The molecule has 6 nitrogen and oxygen atoms in total. The largest absolute Gasteiger partial charge is 0.493 e. The van der Waals surface area contributed by atoms with Gasteiger partial charge in [-0.05, 0) is 43.0 Å². The van der Waals surface area contributed by atoms with Crippen LogP contribution in [0.1, 0.15) is 52.0 Å². The maximum absolute atomic E-state index is 11.0. The Bertz CT molecular complexity index is 752. The lowest BCUT2D eigenvalue weighted by molar-refractivity contribution is -0.133. The van der Waals surface area contributed by atoms with Gasteiger partial charge in [0.05, 0.1) is 12.4 Å². The predicted molar refractivity (Wildman–Crippen MR) is 106 cm³/mol. The molecule has 7 heteroatoms. The third-order valence-corrected chi connectivity index (χ3v) is 5.55. The van der Waals surface area contributed by atoms with E-state index in [-0.39, 0.29) is 5.75 Å². The van der Waals surface area contributed by atoms with Crippen LogP contribution >= 0.6 is 11.8 Å². The van der Waals surface area contributed by atoms with Crippen molar-refractivity contribution in [2.24, 2.45) is 5.92 Å². The van der Waals surface area contributed by atoms with Gasteiger partial charge in [0.2, 0.25) is 0 Å². The molecule has 3 rings (SSSR count). The Kier molecular flexibility index (Phi) is 6.77. The van der Waals surface area contributed by atoms with Gasteiger partial charge in [0.1, 0.15) is 5.75 Å². The molecule has 1 N–H and O–H groups in total. The molecule has 1 aliphatic rings. The Hall–Kier alpha value is -2.02. The number of carbonyl (C=O) groups is 1. The zero-order chi connectivity index (χ0) is 19.2. The summed E-state index contributed by atoms with van der Waals surface area (Å²) >= 11 is 1.24. The molecule has 1 aromatic carbocycles. The molecule has 0 unspecified atom stereocenters. The number of benzene rings is 1. The van der Waals surface area contributed by atoms with Crippen LogP contribution < -0.4 is 4.74 Å². The van der Waals surface area contributed by atoms with E-state index in [0.29, 0.717) is 23.7 Å². The average Bonchev–Trinajstić information content (AvgIpc) is 3.09. The number of thioether (sulfide) groups is 1. The van der Waals surface area contributed by atoms with Crippen molar-refractivity contribution in [1.29, 1.82) is 0 Å². The summed E-state index contributed by atoms with van der Waals surface area (Å²) in [7, 11) is 0. The van der Waals surface area contributed by atoms with Crippen molar-refractivity contribution < 1.29 is 14.6 Å². The van der Waals surface area contributed by atoms with Crippen LogP contribution in [0.3, 0.4) is 0 Å².